The molecule has 1 aliphatic heterocycles. The third-order valence-corrected chi connectivity index (χ3v) is 4.24. The molecule has 1 aromatic rings. The largest absolute Gasteiger partial charge is 0.353 e. The van der Waals surface area contributed by atoms with Crippen LogP contribution >= 0.6 is 0 Å². The number of nitrogens with one attached hydrogen (secondary N) is 1. The van der Waals surface area contributed by atoms with E-state index in [2.05, 4.69) is 24.4 Å². The van der Waals surface area contributed by atoms with E-state index in [1.165, 1.54) is 5.56 Å². The van der Waals surface area contributed by atoms with E-state index >= 15 is 0 Å². The molecule has 21 heavy (non-hydrogen) atoms. The summed E-state index contributed by atoms with van der Waals surface area (Å²) in [6, 6.07) is 10.3. The molecule has 0 radical (unpaired) electrons. The highest BCUT2D eigenvalue weighted by Crippen LogP contribution is 2.18. The van der Waals surface area contributed by atoms with Crippen molar-refractivity contribution in [2.45, 2.75) is 45.1 Å². The number of hydrogen-bond acceptors (Lipinski definition) is 2. The van der Waals surface area contributed by atoms with Crippen LogP contribution in [0, 0.1) is 0 Å². The fourth-order valence-corrected chi connectivity index (χ4v) is 2.67. The topological polar surface area (TPSA) is 49.4 Å². The van der Waals surface area contributed by atoms with E-state index in [1.807, 2.05) is 25.1 Å². The van der Waals surface area contributed by atoms with Crippen LogP contribution in [0.1, 0.15) is 44.6 Å². The molecule has 1 aromatic carbocycles. The van der Waals surface area contributed by atoms with Crippen LogP contribution in [0.15, 0.2) is 30.3 Å². The van der Waals surface area contributed by atoms with Gasteiger partial charge >= 0.3 is 0 Å². The number of hydrogen-bond donors (Lipinski definition) is 1. The van der Waals surface area contributed by atoms with Crippen molar-refractivity contribution in [1.82, 2.24) is 10.2 Å². The van der Waals surface area contributed by atoms with Gasteiger partial charge in [-0.15, -0.1) is 0 Å². The molecule has 0 aromatic heterocycles. The second-order valence-corrected chi connectivity index (χ2v) is 5.79. The highest BCUT2D eigenvalue weighted by molar-refractivity contribution is 5.80. The molecule has 2 atom stereocenters. The molecule has 1 aliphatic rings. The van der Waals surface area contributed by atoms with E-state index in [9.17, 15) is 9.59 Å². The van der Waals surface area contributed by atoms with Crippen LogP contribution < -0.4 is 5.32 Å². The number of likely N-dealkylation sites (tertiary alicyclic amines) is 1. The molecule has 1 heterocycles. The quantitative estimate of drug-likeness (QED) is 0.873. The molecule has 0 bridgehead atoms. The second-order valence-electron chi connectivity index (χ2n) is 5.79. The van der Waals surface area contributed by atoms with Crippen molar-refractivity contribution in [3.63, 3.8) is 0 Å². The average molecular weight is 288 g/mol. The maximum atomic E-state index is 12.0. The fourth-order valence-electron chi connectivity index (χ4n) is 2.67. The monoisotopic (exact) mass is 288 g/mol. The third-order valence-electron chi connectivity index (χ3n) is 4.24. The predicted molar refractivity (Wildman–Crippen MR) is 82.9 cm³/mol. The summed E-state index contributed by atoms with van der Waals surface area (Å²) in [6.07, 6.45) is 1.93. The molecule has 1 N–H and O–H groups in total. The lowest BCUT2D eigenvalue weighted by molar-refractivity contribution is -0.128. The van der Waals surface area contributed by atoms with Crippen molar-refractivity contribution in [2.24, 2.45) is 0 Å². The zero-order chi connectivity index (χ0) is 15.2. The average Bonchev–Trinajstić information content (AvgIpc) is 2.90. The lowest BCUT2D eigenvalue weighted by atomic mass is 9.94. The van der Waals surface area contributed by atoms with Crippen molar-refractivity contribution in [1.29, 1.82) is 0 Å². The fraction of sp³-hybridized carbons (Fsp3) is 0.529. The van der Waals surface area contributed by atoms with Gasteiger partial charge in [0.15, 0.2) is 0 Å². The smallest absolute Gasteiger partial charge is 0.222 e. The lowest BCUT2D eigenvalue weighted by Gasteiger charge is -2.22. The Morgan fingerprint density at radius 1 is 1.29 bits per heavy atom. The van der Waals surface area contributed by atoms with Crippen molar-refractivity contribution in [3.05, 3.63) is 35.9 Å². The predicted octanol–water partition coefficient (Wildman–Crippen LogP) is 2.31. The molecule has 2 amide bonds. The SMILES string of the molecule is C[C@@H](NC(=O)CCN1CCCC1=O)[C@@H](C)c1ccccc1. The Morgan fingerprint density at radius 3 is 2.62 bits per heavy atom. The van der Waals surface area contributed by atoms with Gasteiger partial charge in [0, 0.05) is 37.9 Å². The number of amides is 2. The van der Waals surface area contributed by atoms with Crippen LogP contribution in [-0.4, -0.2) is 35.8 Å². The summed E-state index contributed by atoms with van der Waals surface area (Å²) in [6.45, 7) is 5.47. The minimum atomic E-state index is 0.0185. The standard InChI is InChI=1S/C17H24N2O2/c1-13(15-7-4-3-5-8-15)14(2)18-16(20)10-12-19-11-6-9-17(19)21/h3-5,7-8,13-14H,6,9-12H2,1-2H3,(H,18,20)/t13-,14-/m1/s1. The Labute approximate surface area is 126 Å². The van der Waals surface area contributed by atoms with Crippen molar-refractivity contribution in [3.8, 4) is 0 Å². The first-order valence-electron chi connectivity index (χ1n) is 7.70. The van der Waals surface area contributed by atoms with Gasteiger partial charge in [0.05, 0.1) is 0 Å². The van der Waals surface area contributed by atoms with Gasteiger partial charge in [-0.2, -0.15) is 0 Å². The second kappa shape index (κ2) is 7.25. The number of rotatable bonds is 6. The Kier molecular flexibility index (Phi) is 5.37. The molecule has 0 unspecified atom stereocenters. The summed E-state index contributed by atoms with van der Waals surface area (Å²) in [5.74, 6) is 0.460. The zero-order valence-corrected chi connectivity index (χ0v) is 12.8. The molecule has 114 valence electrons. The van der Waals surface area contributed by atoms with Gasteiger partial charge in [-0.25, -0.2) is 0 Å². The van der Waals surface area contributed by atoms with Crippen LogP contribution in [0.5, 0.6) is 0 Å². The number of benzene rings is 1. The minimum Gasteiger partial charge on any atom is -0.353 e. The van der Waals surface area contributed by atoms with Gasteiger partial charge in [-0.05, 0) is 18.9 Å². The van der Waals surface area contributed by atoms with Crippen LogP contribution in [0.2, 0.25) is 0 Å². The summed E-state index contributed by atoms with van der Waals surface area (Å²) in [4.78, 5) is 25.3. The molecule has 4 heteroatoms. The van der Waals surface area contributed by atoms with Crippen LogP contribution in [0.25, 0.3) is 0 Å². The van der Waals surface area contributed by atoms with Gasteiger partial charge in [-0.3, -0.25) is 9.59 Å². The molecule has 0 saturated carbocycles. The Bertz CT molecular complexity index is 487. The number of carbonyl (C=O) groups excluding carboxylic acids is 2. The van der Waals surface area contributed by atoms with Crippen molar-refractivity contribution < 1.29 is 9.59 Å². The Morgan fingerprint density at radius 2 is 2.00 bits per heavy atom. The van der Waals surface area contributed by atoms with Crippen molar-refractivity contribution >= 4 is 11.8 Å². The molecular formula is C17H24N2O2. The maximum absolute atomic E-state index is 12.0. The van der Waals surface area contributed by atoms with Gasteiger partial charge in [0.25, 0.3) is 0 Å². The molecule has 0 aliphatic carbocycles. The normalized spacial score (nSPS) is 17.6. The van der Waals surface area contributed by atoms with E-state index < -0.39 is 0 Å². The molecule has 2 rings (SSSR count). The minimum absolute atomic E-state index is 0.0185. The van der Waals surface area contributed by atoms with Gasteiger partial charge < -0.3 is 10.2 Å². The van der Waals surface area contributed by atoms with Gasteiger partial charge in [0.2, 0.25) is 11.8 Å². The Hall–Kier alpha value is -1.84. The van der Waals surface area contributed by atoms with E-state index in [0.29, 0.717) is 19.4 Å². The zero-order valence-electron chi connectivity index (χ0n) is 12.8. The molecule has 0 spiro atoms. The summed E-state index contributed by atoms with van der Waals surface area (Å²) < 4.78 is 0. The first kappa shape index (κ1) is 15.5. The van der Waals surface area contributed by atoms with E-state index in [4.69, 9.17) is 0 Å². The van der Waals surface area contributed by atoms with E-state index in [1.54, 1.807) is 4.90 Å². The highest BCUT2D eigenvalue weighted by Gasteiger charge is 2.21. The molecular weight excluding hydrogens is 264 g/mol. The van der Waals surface area contributed by atoms with Crippen LogP contribution in [-0.2, 0) is 9.59 Å². The molecule has 1 saturated heterocycles. The van der Waals surface area contributed by atoms with Crippen molar-refractivity contribution in [2.75, 3.05) is 13.1 Å². The molecule has 4 nitrogen and oxygen atoms in total. The summed E-state index contributed by atoms with van der Waals surface area (Å²) in [5, 5.41) is 3.04. The first-order chi connectivity index (χ1) is 10.1. The summed E-state index contributed by atoms with van der Waals surface area (Å²) in [7, 11) is 0. The van der Waals surface area contributed by atoms with Gasteiger partial charge in [0.1, 0.15) is 0 Å². The maximum Gasteiger partial charge on any atom is 0.222 e. The van der Waals surface area contributed by atoms with E-state index in [-0.39, 0.29) is 23.8 Å². The lowest BCUT2D eigenvalue weighted by Crippen LogP contribution is -2.38. The van der Waals surface area contributed by atoms with Crippen LogP contribution in [0.4, 0.5) is 0 Å². The number of carbonyl (C=O) groups is 2. The Balaban J connectivity index is 1.78. The van der Waals surface area contributed by atoms with Gasteiger partial charge in [-0.1, -0.05) is 37.3 Å². The van der Waals surface area contributed by atoms with Crippen LogP contribution in [0.3, 0.4) is 0 Å². The highest BCUT2D eigenvalue weighted by atomic mass is 16.2. The van der Waals surface area contributed by atoms with E-state index in [0.717, 1.165) is 13.0 Å². The number of nitrogens with zero attached hydrogens (tertiary/aromatic N) is 1. The molecule has 1 fully saturated rings. The summed E-state index contributed by atoms with van der Waals surface area (Å²) >= 11 is 0. The summed E-state index contributed by atoms with van der Waals surface area (Å²) in [5.41, 5.74) is 1.22. The first-order valence-corrected chi connectivity index (χ1v) is 7.70. The third kappa shape index (κ3) is 4.31.